The van der Waals surface area contributed by atoms with E-state index in [4.69, 9.17) is 9.26 Å². The van der Waals surface area contributed by atoms with E-state index >= 15 is 0 Å². The number of hydrogen-bond acceptors (Lipinski definition) is 6. The standard InChI is InChI=1S/C19H15N3O3S/c1-12-20-19(25-22-12)18-16(8-9-26-18)21-17(23)11-24-15-7-6-13-4-2-3-5-14(13)10-15/h2-10H,11H2,1H3,(H,21,23). The van der Waals surface area contributed by atoms with Gasteiger partial charge in [0.25, 0.3) is 11.8 Å². The monoisotopic (exact) mass is 365 g/mol. The molecule has 4 rings (SSSR count). The topological polar surface area (TPSA) is 77.2 Å². The van der Waals surface area contributed by atoms with Gasteiger partial charge in [-0.05, 0) is 41.3 Å². The Hall–Kier alpha value is -3.19. The van der Waals surface area contributed by atoms with Gasteiger partial charge in [-0.2, -0.15) is 4.98 Å². The molecule has 0 spiro atoms. The lowest BCUT2D eigenvalue weighted by atomic mass is 10.1. The van der Waals surface area contributed by atoms with Crippen molar-refractivity contribution in [3.63, 3.8) is 0 Å². The molecule has 7 heteroatoms. The molecular formula is C19H15N3O3S. The molecule has 0 unspecified atom stereocenters. The molecule has 0 bridgehead atoms. The van der Waals surface area contributed by atoms with E-state index in [2.05, 4.69) is 15.5 Å². The lowest BCUT2D eigenvalue weighted by molar-refractivity contribution is -0.118. The van der Waals surface area contributed by atoms with Crippen LogP contribution in [0.15, 0.2) is 58.4 Å². The number of fused-ring (bicyclic) bond motifs is 1. The van der Waals surface area contributed by atoms with E-state index in [1.54, 1.807) is 13.0 Å². The number of aryl methyl sites for hydroxylation is 1. The highest BCUT2D eigenvalue weighted by Crippen LogP contribution is 2.32. The fourth-order valence-electron chi connectivity index (χ4n) is 2.55. The number of nitrogens with one attached hydrogen (secondary N) is 1. The van der Waals surface area contributed by atoms with Gasteiger partial charge in [0, 0.05) is 0 Å². The molecule has 2 heterocycles. The first-order valence-corrected chi connectivity index (χ1v) is 8.86. The fraction of sp³-hybridized carbons (Fsp3) is 0.105. The molecule has 2 aromatic heterocycles. The van der Waals surface area contributed by atoms with E-state index in [-0.39, 0.29) is 12.5 Å². The average Bonchev–Trinajstić information content (AvgIpc) is 3.28. The zero-order valence-electron chi connectivity index (χ0n) is 13.9. The van der Waals surface area contributed by atoms with Crippen molar-refractivity contribution in [2.24, 2.45) is 0 Å². The van der Waals surface area contributed by atoms with Gasteiger partial charge in [0.15, 0.2) is 12.4 Å². The number of hydrogen-bond donors (Lipinski definition) is 1. The number of carbonyl (C=O) groups excluding carboxylic acids is 1. The van der Waals surface area contributed by atoms with Crippen LogP contribution in [0, 0.1) is 6.92 Å². The van der Waals surface area contributed by atoms with Crippen LogP contribution in [0.2, 0.25) is 0 Å². The molecule has 4 aromatic rings. The van der Waals surface area contributed by atoms with Crippen LogP contribution < -0.4 is 10.1 Å². The normalized spacial score (nSPS) is 10.8. The molecule has 1 N–H and O–H groups in total. The van der Waals surface area contributed by atoms with Gasteiger partial charge in [-0.15, -0.1) is 11.3 Å². The molecule has 26 heavy (non-hydrogen) atoms. The lowest BCUT2D eigenvalue weighted by Gasteiger charge is -2.08. The quantitative estimate of drug-likeness (QED) is 0.571. The molecular weight excluding hydrogens is 350 g/mol. The lowest BCUT2D eigenvalue weighted by Crippen LogP contribution is -2.20. The maximum Gasteiger partial charge on any atom is 0.270 e. The molecule has 0 aliphatic heterocycles. The zero-order valence-corrected chi connectivity index (χ0v) is 14.7. The number of thiophene rings is 1. The number of benzene rings is 2. The fourth-order valence-corrected chi connectivity index (χ4v) is 3.32. The van der Waals surface area contributed by atoms with Gasteiger partial charge in [0.1, 0.15) is 10.6 Å². The van der Waals surface area contributed by atoms with Gasteiger partial charge >= 0.3 is 0 Å². The maximum atomic E-state index is 12.2. The number of rotatable bonds is 5. The van der Waals surface area contributed by atoms with Crippen molar-refractivity contribution in [3.05, 3.63) is 59.7 Å². The van der Waals surface area contributed by atoms with Gasteiger partial charge in [0.05, 0.1) is 5.69 Å². The predicted molar refractivity (Wildman–Crippen MR) is 100 cm³/mol. The SMILES string of the molecule is Cc1noc(-c2sccc2NC(=O)COc2ccc3ccccc3c2)n1. The van der Waals surface area contributed by atoms with E-state index in [9.17, 15) is 4.79 Å². The summed E-state index contributed by atoms with van der Waals surface area (Å²) in [6, 6.07) is 15.5. The largest absolute Gasteiger partial charge is 0.484 e. The van der Waals surface area contributed by atoms with Crippen molar-refractivity contribution in [1.29, 1.82) is 0 Å². The van der Waals surface area contributed by atoms with Crippen molar-refractivity contribution >= 4 is 33.7 Å². The van der Waals surface area contributed by atoms with E-state index in [0.717, 1.165) is 15.6 Å². The minimum Gasteiger partial charge on any atom is -0.484 e. The zero-order chi connectivity index (χ0) is 17.9. The van der Waals surface area contributed by atoms with Crippen molar-refractivity contribution in [3.8, 4) is 16.5 Å². The number of nitrogens with zero attached hydrogens (tertiary/aromatic N) is 2. The molecule has 0 radical (unpaired) electrons. The summed E-state index contributed by atoms with van der Waals surface area (Å²) in [5.41, 5.74) is 0.630. The molecule has 6 nitrogen and oxygen atoms in total. The summed E-state index contributed by atoms with van der Waals surface area (Å²) < 4.78 is 10.8. The highest BCUT2D eigenvalue weighted by Gasteiger charge is 2.15. The summed E-state index contributed by atoms with van der Waals surface area (Å²) in [7, 11) is 0. The number of anilines is 1. The number of aromatic nitrogens is 2. The first-order valence-electron chi connectivity index (χ1n) is 7.99. The Morgan fingerprint density at radius 3 is 2.85 bits per heavy atom. The van der Waals surface area contributed by atoms with Crippen molar-refractivity contribution in [2.75, 3.05) is 11.9 Å². The summed E-state index contributed by atoms with van der Waals surface area (Å²) in [4.78, 5) is 17.2. The number of amides is 1. The Morgan fingerprint density at radius 2 is 2.04 bits per heavy atom. The Bertz CT molecular complexity index is 1070. The highest BCUT2D eigenvalue weighted by atomic mass is 32.1. The van der Waals surface area contributed by atoms with Crippen LogP contribution in [-0.2, 0) is 4.79 Å². The van der Waals surface area contributed by atoms with Gasteiger partial charge in [-0.25, -0.2) is 0 Å². The summed E-state index contributed by atoms with van der Waals surface area (Å²) in [5, 5.41) is 10.7. The van der Waals surface area contributed by atoms with Gasteiger partial charge in [-0.3, -0.25) is 4.79 Å². The summed E-state index contributed by atoms with van der Waals surface area (Å²) in [5.74, 6) is 1.33. The Balaban J connectivity index is 1.42. The van der Waals surface area contributed by atoms with Crippen molar-refractivity contribution in [1.82, 2.24) is 10.1 Å². The first kappa shape index (κ1) is 16.3. The molecule has 0 aliphatic carbocycles. The Morgan fingerprint density at radius 1 is 1.19 bits per heavy atom. The third-order valence-electron chi connectivity index (χ3n) is 3.75. The number of carbonyl (C=O) groups is 1. The van der Waals surface area contributed by atoms with Crippen LogP contribution in [0.1, 0.15) is 5.82 Å². The minimum atomic E-state index is -0.256. The van der Waals surface area contributed by atoms with Crippen molar-refractivity contribution < 1.29 is 14.1 Å². The second-order valence-electron chi connectivity index (χ2n) is 5.66. The summed E-state index contributed by atoms with van der Waals surface area (Å²) in [6.45, 7) is 1.66. The first-order chi connectivity index (χ1) is 12.7. The van der Waals surface area contributed by atoms with Gasteiger partial charge in [-0.1, -0.05) is 35.5 Å². The van der Waals surface area contributed by atoms with Crippen LogP contribution in [0.5, 0.6) is 5.75 Å². The third-order valence-corrected chi connectivity index (χ3v) is 4.65. The van der Waals surface area contributed by atoms with Crippen LogP contribution in [-0.4, -0.2) is 22.7 Å². The Labute approximate surface area is 153 Å². The molecule has 2 aromatic carbocycles. The summed E-state index contributed by atoms with van der Waals surface area (Å²) in [6.07, 6.45) is 0. The maximum absolute atomic E-state index is 12.2. The van der Waals surface area contributed by atoms with E-state index in [1.165, 1.54) is 11.3 Å². The minimum absolute atomic E-state index is 0.0868. The second-order valence-corrected chi connectivity index (χ2v) is 6.57. The molecule has 0 aliphatic rings. The third kappa shape index (κ3) is 3.43. The molecule has 130 valence electrons. The van der Waals surface area contributed by atoms with Crippen LogP contribution in [0.3, 0.4) is 0 Å². The predicted octanol–water partition coefficient (Wildman–Crippen LogP) is 4.28. The number of ether oxygens (including phenoxy) is 1. The van der Waals surface area contributed by atoms with Crippen LogP contribution >= 0.6 is 11.3 Å². The van der Waals surface area contributed by atoms with Crippen LogP contribution in [0.25, 0.3) is 21.5 Å². The van der Waals surface area contributed by atoms with Gasteiger partial charge in [0.2, 0.25) is 0 Å². The van der Waals surface area contributed by atoms with E-state index < -0.39 is 0 Å². The molecule has 0 atom stereocenters. The summed E-state index contributed by atoms with van der Waals surface area (Å²) >= 11 is 1.42. The highest BCUT2D eigenvalue weighted by molar-refractivity contribution is 7.14. The average molecular weight is 365 g/mol. The molecule has 0 fully saturated rings. The van der Waals surface area contributed by atoms with Crippen molar-refractivity contribution in [2.45, 2.75) is 6.92 Å². The van der Waals surface area contributed by atoms with E-state index in [1.807, 2.05) is 47.8 Å². The molecule has 0 saturated heterocycles. The smallest absolute Gasteiger partial charge is 0.270 e. The Kier molecular flexibility index (Phi) is 4.37. The van der Waals surface area contributed by atoms with Gasteiger partial charge < -0.3 is 14.6 Å². The van der Waals surface area contributed by atoms with Crippen LogP contribution in [0.4, 0.5) is 5.69 Å². The molecule has 1 amide bonds. The molecule has 0 saturated carbocycles. The van der Waals surface area contributed by atoms with E-state index in [0.29, 0.717) is 23.2 Å². The second kappa shape index (κ2) is 6.97.